The summed E-state index contributed by atoms with van der Waals surface area (Å²) in [6.45, 7) is 2.55. The van der Waals surface area contributed by atoms with E-state index in [2.05, 4.69) is 6.92 Å². The SMILES string of the molecule is CC1CCC(C(=O)Oc2ccc(OCC3CCCCC3)c(F)c2F)CC1. The molecule has 1 aromatic rings. The lowest BCUT2D eigenvalue weighted by Crippen LogP contribution is -2.25. The number of carbonyl (C=O) groups is 1. The average Bonchev–Trinajstić information content (AvgIpc) is 2.66. The third kappa shape index (κ3) is 4.74. The highest BCUT2D eigenvalue weighted by molar-refractivity contribution is 5.75. The van der Waals surface area contributed by atoms with Crippen molar-refractivity contribution in [1.29, 1.82) is 0 Å². The van der Waals surface area contributed by atoms with E-state index in [1.54, 1.807) is 0 Å². The van der Waals surface area contributed by atoms with Gasteiger partial charge in [-0.3, -0.25) is 4.79 Å². The molecule has 1 aromatic carbocycles. The van der Waals surface area contributed by atoms with Crippen LogP contribution >= 0.6 is 0 Å². The molecule has 5 heteroatoms. The van der Waals surface area contributed by atoms with E-state index >= 15 is 0 Å². The van der Waals surface area contributed by atoms with E-state index in [1.165, 1.54) is 31.4 Å². The maximum Gasteiger partial charge on any atom is 0.314 e. The van der Waals surface area contributed by atoms with Crippen molar-refractivity contribution in [3.63, 3.8) is 0 Å². The zero-order chi connectivity index (χ0) is 18.5. The van der Waals surface area contributed by atoms with Gasteiger partial charge in [-0.2, -0.15) is 8.78 Å². The Labute approximate surface area is 154 Å². The summed E-state index contributed by atoms with van der Waals surface area (Å²) in [5.74, 6) is -2.38. The zero-order valence-corrected chi connectivity index (χ0v) is 15.4. The predicted octanol–water partition coefficient (Wildman–Crippen LogP) is 5.66. The Morgan fingerprint density at radius 2 is 1.58 bits per heavy atom. The molecule has 2 fully saturated rings. The van der Waals surface area contributed by atoms with Crippen molar-refractivity contribution >= 4 is 5.97 Å². The fourth-order valence-electron chi connectivity index (χ4n) is 3.95. The van der Waals surface area contributed by atoms with E-state index < -0.39 is 17.6 Å². The maximum atomic E-state index is 14.3. The summed E-state index contributed by atoms with van der Waals surface area (Å²) in [7, 11) is 0. The summed E-state index contributed by atoms with van der Waals surface area (Å²) < 4.78 is 39.2. The van der Waals surface area contributed by atoms with Gasteiger partial charge in [0.05, 0.1) is 12.5 Å². The standard InChI is InChI=1S/C21H28F2O3/c1-14-7-9-16(10-8-14)21(24)26-18-12-11-17(19(22)20(18)23)25-13-15-5-3-2-4-6-15/h11-12,14-16H,2-10,13H2,1H3. The first-order valence-electron chi connectivity index (χ1n) is 9.87. The lowest BCUT2D eigenvalue weighted by atomic mass is 9.83. The molecule has 2 aliphatic rings. The molecule has 0 bridgehead atoms. The lowest BCUT2D eigenvalue weighted by Gasteiger charge is -2.24. The number of benzene rings is 1. The summed E-state index contributed by atoms with van der Waals surface area (Å²) in [6, 6.07) is 2.64. The van der Waals surface area contributed by atoms with Crippen molar-refractivity contribution in [2.75, 3.05) is 6.61 Å². The molecule has 0 amide bonds. The topological polar surface area (TPSA) is 35.5 Å². The highest BCUT2D eigenvalue weighted by Gasteiger charge is 2.27. The smallest absolute Gasteiger partial charge is 0.314 e. The minimum absolute atomic E-state index is 0.112. The van der Waals surface area contributed by atoms with Gasteiger partial charge in [0.25, 0.3) is 0 Å². The van der Waals surface area contributed by atoms with Crippen molar-refractivity contribution in [2.24, 2.45) is 17.8 Å². The molecule has 0 N–H and O–H groups in total. The van der Waals surface area contributed by atoms with E-state index in [1.807, 2.05) is 0 Å². The van der Waals surface area contributed by atoms with Crippen LogP contribution in [0, 0.1) is 29.4 Å². The molecule has 0 spiro atoms. The van der Waals surface area contributed by atoms with Gasteiger partial charge in [0.15, 0.2) is 11.5 Å². The predicted molar refractivity (Wildman–Crippen MR) is 95.2 cm³/mol. The summed E-state index contributed by atoms with van der Waals surface area (Å²) in [5, 5.41) is 0. The number of hydrogen-bond acceptors (Lipinski definition) is 3. The quantitative estimate of drug-likeness (QED) is 0.498. The molecule has 0 heterocycles. The minimum atomic E-state index is -1.15. The molecule has 0 atom stereocenters. The van der Waals surface area contributed by atoms with Crippen molar-refractivity contribution in [1.82, 2.24) is 0 Å². The summed E-state index contributed by atoms with van der Waals surface area (Å²) in [6.07, 6.45) is 9.12. The monoisotopic (exact) mass is 366 g/mol. The second-order valence-corrected chi connectivity index (χ2v) is 7.88. The Balaban J connectivity index is 1.58. The minimum Gasteiger partial charge on any atom is -0.490 e. The Hall–Kier alpha value is -1.65. The van der Waals surface area contributed by atoms with Gasteiger partial charge in [-0.15, -0.1) is 0 Å². The Kier molecular flexibility index (Phi) is 6.49. The number of halogens is 2. The average molecular weight is 366 g/mol. The van der Waals surface area contributed by atoms with E-state index in [9.17, 15) is 13.6 Å². The van der Waals surface area contributed by atoms with Crippen LogP contribution in [0.15, 0.2) is 12.1 Å². The Bertz CT molecular complexity index is 618. The second kappa shape index (κ2) is 8.83. The summed E-state index contributed by atoms with van der Waals surface area (Å²) in [5.41, 5.74) is 0. The van der Waals surface area contributed by atoms with Crippen molar-refractivity contribution in [2.45, 2.75) is 64.7 Å². The van der Waals surface area contributed by atoms with E-state index in [0.29, 0.717) is 18.4 Å². The molecule has 144 valence electrons. The second-order valence-electron chi connectivity index (χ2n) is 7.88. The molecule has 2 aliphatic carbocycles. The van der Waals surface area contributed by atoms with Crippen LogP contribution in [0.4, 0.5) is 8.78 Å². The number of ether oxygens (including phenoxy) is 2. The molecule has 0 aromatic heterocycles. The molecule has 2 saturated carbocycles. The van der Waals surface area contributed by atoms with Crippen LogP contribution in [0.25, 0.3) is 0 Å². The van der Waals surface area contributed by atoms with Gasteiger partial charge < -0.3 is 9.47 Å². The molecule has 0 aliphatic heterocycles. The van der Waals surface area contributed by atoms with Gasteiger partial charge in [-0.25, -0.2) is 0 Å². The van der Waals surface area contributed by atoms with Crippen molar-refractivity contribution in [3.05, 3.63) is 23.8 Å². The molecular weight excluding hydrogens is 338 g/mol. The van der Waals surface area contributed by atoms with Crippen molar-refractivity contribution in [3.8, 4) is 11.5 Å². The fraction of sp³-hybridized carbons (Fsp3) is 0.667. The Morgan fingerprint density at radius 1 is 0.962 bits per heavy atom. The third-order valence-electron chi connectivity index (χ3n) is 5.77. The highest BCUT2D eigenvalue weighted by atomic mass is 19.2. The first kappa shape index (κ1) is 19.1. The van der Waals surface area contributed by atoms with Crippen LogP contribution in [-0.4, -0.2) is 12.6 Å². The van der Waals surface area contributed by atoms with Gasteiger partial charge >= 0.3 is 5.97 Å². The lowest BCUT2D eigenvalue weighted by molar-refractivity contribution is -0.140. The van der Waals surface area contributed by atoms with Crippen LogP contribution in [0.5, 0.6) is 11.5 Å². The van der Waals surface area contributed by atoms with Crippen LogP contribution < -0.4 is 9.47 Å². The zero-order valence-electron chi connectivity index (χ0n) is 15.4. The van der Waals surface area contributed by atoms with Crippen molar-refractivity contribution < 1.29 is 23.0 Å². The molecule has 0 saturated heterocycles. The largest absolute Gasteiger partial charge is 0.490 e. The van der Waals surface area contributed by atoms with Crippen LogP contribution in [0.1, 0.15) is 64.7 Å². The summed E-state index contributed by atoms with van der Waals surface area (Å²) >= 11 is 0. The molecule has 3 nitrogen and oxygen atoms in total. The number of rotatable bonds is 5. The maximum absolute atomic E-state index is 14.3. The van der Waals surface area contributed by atoms with Gasteiger partial charge in [-0.05, 0) is 62.5 Å². The van der Waals surface area contributed by atoms with E-state index in [4.69, 9.17) is 9.47 Å². The normalized spacial score (nSPS) is 24.3. The number of carbonyl (C=O) groups excluding carboxylic acids is 1. The first-order valence-corrected chi connectivity index (χ1v) is 9.87. The molecule has 3 rings (SSSR count). The van der Waals surface area contributed by atoms with Gasteiger partial charge in [0, 0.05) is 0 Å². The number of hydrogen-bond donors (Lipinski definition) is 0. The van der Waals surface area contributed by atoms with E-state index in [0.717, 1.165) is 38.5 Å². The van der Waals surface area contributed by atoms with E-state index in [-0.39, 0.29) is 17.4 Å². The van der Waals surface area contributed by atoms with Gasteiger partial charge in [-0.1, -0.05) is 26.2 Å². The summed E-state index contributed by atoms with van der Waals surface area (Å²) in [4.78, 5) is 12.2. The van der Waals surface area contributed by atoms with Crippen LogP contribution in [0.3, 0.4) is 0 Å². The molecule has 0 unspecified atom stereocenters. The Morgan fingerprint density at radius 3 is 2.27 bits per heavy atom. The molecule has 0 radical (unpaired) electrons. The molecular formula is C21H28F2O3. The van der Waals surface area contributed by atoms with Crippen LogP contribution in [0.2, 0.25) is 0 Å². The fourth-order valence-corrected chi connectivity index (χ4v) is 3.95. The highest BCUT2D eigenvalue weighted by Crippen LogP contribution is 2.32. The number of esters is 1. The van der Waals surface area contributed by atoms with Gasteiger partial charge in [0.2, 0.25) is 11.6 Å². The van der Waals surface area contributed by atoms with Gasteiger partial charge in [0.1, 0.15) is 0 Å². The first-order chi connectivity index (χ1) is 12.5. The van der Waals surface area contributed by atoms with Crippen LogP contribution in [-0.2, 0) is 4.79 Å². The molecule has 26 heavy (non-hydrogen) atoms. The third-order valence-corrected chi connectivity index (χ3v) is 5.77.